The first-order valence-corrected chi connectivity index (χ1v) is 6.91. The average molecular weight is 251 g/mol. The van der Waals surface area contributed by atoms with Crippen molar-refractivity contribution >= 4 is 0 Å². The zero-order valence-corrected chi connectivity index (χ0v) is 11.8. The second kappa shape index (κ2) is 8.81. The van der Waals surface area contributed by atoms with Gasteiger partial charge in [0.2, 0.25) is 0 Å². The van der Waals surface area contributed by atoms with E-state index >= 15 is 0 Å². The van der Waals surface area contributed by atoms with Crippen molar-refractivity contribution in [2.24, 2.45) is 0 Å². The molecule has 1 rings (SSSR count). The van der Waals surface area contributed by atoms with Crippen LogP contribution in [0.25, 0.3) is 0 Å². The molecule has 18 heavy (non-hydrogen) atoms. The Bertz CT molecular complexity index is 339. The molecule has 102 valence electrons. The molecule has 0 bridgehead atoms. The van der Waals surface area contributed by atoms with Gasteiger partial charge in [-0.3, -0.25) is 0 Å². The molecule has 0 radical (unpaired) electrons. The molecular formula is C15H25NO2. The van der Waals surface area contributed by atoms with E-state index in [2.05, 4.69) is 31.3 Å². The normalized spacial score (nSPS) is 10.4. The van der Waals surface area contributed by atoms with Crippen LogP contribution in [0.5, 0.6) is 11.5 Å². The lowest BCUT2D eigenvalue weighted by Crippen LogP contribution is -2.13. The Morgan fingerprint density at radius 2 is 1.83 bits per heavy atom. The molecule has 0 unspecified atom stereocenters. The summed E-state index contributed by atoms with van der Waals surface area (Å²) in [6.45, 7) is 9.57. The molecule has 1 N–H and O–H groups in total. The molecule has 1 aromatic rings. The number of hydrogen-bond acceptors (Lipinski definition) is 3. The standard InChI is InChI=1S/C15H25NO2/c1-4-9-16-12-13-7-8-14(18-10-5-2)15(11-13)17-6-3/h7-8,11,16H,4-6,9-10,12H2,1-3H3. The van der Waals surface area contributed by atoms with Gasteiger partial charge in [0.15, 0.2) is 11.5 Å². The van der Waals surface area contributed by atoms with Crippen LogP contribution in [0, 0.1) is 0 Å². The maximum atomic E-state index is 5.67. The summed E-state index contributed by atoms with van der Waals surface area (Å²) in [7, 11) is 0. The smallest absolute Gasteiger partial charge is 0.161 e. The molecular weight excluding hydrogens is 226 g/mol. The van der Waals surface area contributed by atoms with Crippen LogP contribution in [0.3, 0.4) is 0 Å². The first kappa shape index (κ1) is 14.8. The summed E-state index contributed by atoms with van der Waals surface area (Å²) in [5.41, 5.74) is 1.23. The van der Waals surface area contributed by atoms with Gasteiger partial charge in [-0.1, -0.05) is 19.9 Å². The lowest BCUT2D eigenvalue weighted by molar-refractivity contribution is 0.276. The van der Waals surface area contributed by atoms with Gasteiger partial charge in [0, 0.05) is 6.54 Å². The topological polar surface area (TPSA) is 30.5 Å². The van der Waals surface area contributed by atoms with E-state index in [4.69, 9.17) is 9.47 Å². The van der Waals surface area contributed by atoms with Crippen LogP contribution >= 0.6 is 0 Å². The predicted octanol–water partition coefficient (Wildman–Crippen LogP) is 3.37. The van der Waals surface area contributed by atoms with Crippen LogP contribution < -0.4 is 14.8 Å². The third-order valence-electron chi connectivity index (χ3n) is 2.53. The van der Waals surface area contributed by atoms with Crippen molar-refractivity contribution in [3.05, 3.63) is 23.8 Å². The van der Waals surface area contributed by atoms with Gasteiger partial charge in [0.1, 0.15) is 0 Å². The van der Waals surface area contributed by atoms with Gasteiger partial charge in [-0.15, -0.1) is 0 Å². The molecule has 0 saturated heterocycles. The number of ether oxygens (including phenoxy) is 2. The minimum atomic E-state index is 0.661. The number of rotatable bonds is 9. The van der Waals surface area contributed by atoms with E-state index in [1.807, 2.05) is 13.0 Å². The van der Waals surface area contributed by atoms with E-state index < -0.39 is 0 Å². The molecule has 3 heteroatoms. The highest BCUT2D eigenvalue weighted by Gasteiger charge is 2.06. The van der Waals surface area contributed by atoms with E-state index in [9.17, 15) is 0 Å². The van der Waals surface area contributed by atoms with Crippen LogP contribution in [0.1, 0.15) is 39.2 Å². The molecule has 0 amide bonds. The van der Waals surface area contributed by atoms with Gasteiger partial charge in [-0.05, 0) is 44.0 Å². The Kier molecular flexibility index (Phi) is 7.26. The fourth-order valence-corrected chi connectivity index (χ4v) is 1.67. The molecule has 0 atom stereocenters. The first-order valence-electron chi connectivity index (χ1n) is 6.91. The quantitative estimate of drug-likeness (QED) is 0.683. The maximum absolute atomic E-state index is 5.67. The zero-order valence-electron chi connectivity index (χ0n) is 11.8. The third-order valence-corrected chi connectivity index (χ3v) is 2.53. The summed E-state index contributed by atoms with van der Waals surface area (Å²) in [6, 6.07) is 6.16. The van der Waals surface area contributed by atoms with Gasteiger partial charge < -0.3 is 14.8 Å². The molecule has 0 aliphatic carbocycles. The second-order valence-corrected chi connectivity index (χ2v) is 4.24. The summed E-state index contributed by atoms with van der Waals surface area (Å²) in [5, 5.41) is 3.39. The first-order chi connectivity index (χ1) is 8.81. The van der Waals surface area contributed by atoms with E-state index in [1.54, 1.807) is 0 Å². The van der Waals surface area contributed by atoms with Crippen molar-refractivity contribution in [2.45, 2.75) is 40.2 Å². The maximum Gasteiger partial charge on any atom is 0.161 e. The number of benzene rings is 1. The van der Waals surface area contributed by atoms with Crippen molar-refractivity contribution in [3.63, 3.8) is 0 Å². The summed E-state index contributed by atoms with van der Waals surface area (Å²) < 4.78 is 11.3. The fraction of sp³-hybridized carbons (Fsp3) is 0.600. The van der Waals surface area contributed by atoms with Gasteiger partial charge in [0.25, 0.3) is 0 Å². The van der Waals surface area contributed by atoms with E-state index in [0.29, 0.717) is 6.61 Å². The van der Waals surface area contributed by atoms with Gasteiger partial charge in [0.05, 0.1) is 13.2 Å². The molecule has 0 aliphatic heterocycles. The Hall–Kier alpha value is -1.22. The SMILES string of the molecule is CCCNCc1ccc(OCCC)c(OCC)c1. The number of hydrogen-bond donors (Lipinski definition) is 1. The molecule has 0 aromatic heterocycles. The lowest BCUT2D eigenvalue weighted by atomic mass is 10.2. The Balaban J connectivity index is 2.68. The highest BCUT2D eigenvalue weighted by Crippen LogP contribution is 2.28. The van der Waals surface area contributed by atoms with Crippen molar-refractivity contribution < 1.29 is 9.47 Å². The van der Waals surface area contributed by atoms with Gasteiger partial charge in [-0.2, -0.15) is 0 Å². The van der Waals surface area contributed by atoms with Gasteiger partial charge >= 0.3 is 0 Å². The average Bonchev–Trinajstić information content (AvgIpc) is 2.38. The summed E-state index contributed by atoms with van der Waals surface area (Å²) >= 11 is 0. The largest absolute Gasteiger partial charge is 0.490 e. The minimum Gasteiger partial charge on any atom is -0.490 e. The minimum absolute atomic E-state index is 0.661. The summed E-state index contributed by atoms with van der Waals surface area (Å²) in [4.78, 5) is 0. The Morgan fingerprint density at radius 1 is 1.00 bits per heavy atom. The molecule has 0 spiro atoms. The van der Waals surface area contributed by atoms with E-state index in [0.717, 1.165) is 44.0 Å². The number of nitrogens with one attached hydrogen (secondary N) is 1. The van der Waals surface area contributed by atoms with Gasteiger partial charge in [-0.25, -0.2) is 0 Å². The summed E-state index contributed by atoms with van der Waals surface area (Å²) in [5.74, 6) is 1.69. The molecule has 0 fully saturated rings. The van der Waals surface area contributed by atoms with Crippen molar-refractivity contribution in [1.29, 1.82) is 0 Å². The highest BCUT2D eigenvalue weighted by molar-refractivity contribution is 5.43. The van der Waals surface area contributed by atoms with Crippen LogP contribution in [0.4, 0.5) is 0 Å². The van der Waals surface area contributed by atoms with Crippen molar-refractivity contribution in [3.8, 4) is 11.5 Å². The molecule has 1 aromatic carbocycles. The van der Waals surface area contributed by atoms with Crippen LogP contribution in [0.2, 0.25) is 0 Å². The van der Waals surface area contributed by atoms with E-state index in [1.165, 1.54) is 5.56 Å². The lowest BCUT2D eigenvalue weighted by Gasteiger charge is -2.13. The monoisotopic (exact) mass is 251 g/mol. The van der Waals surface area contributed by atoms with Crippen LogP contribution in [-0.2, 0) is 6.54 Å². The van der Waals surface area contributed by atoms with Crippen LogP contribution in [-0.4, -0.2) is 19.8 Å². The van der Waals surface area contributed by atoms with Crippen molar-refractivity contribution in [2.75, 3.05) is 19.8 Å². The van der Waals surface area contributed by atoms with Crippen molar-refractivity contribution in [1.82, 2.24) is 5.32 Å². The highest BCUT2D eigenvalue weighted by atomic mass is 16.5. The Morgan fingerprint density at radius 3 is 2.50 bits per heavy atom. The molecule has 0 aliphatic rings. The Labute approximate surface area is 110 Å². The van der Waals surface area contributed by atoms with E-state index in [-0.39, 0.29) is 0 Å². The molecule has 3 nitrogen and oxygen atoms in total. The molecule has 0 saturated carbocycles. The summed E-state index contributed by atoms with van der Waals surface area (Å²) in [6.07, 6.45) is 2.15. The van der Waals surface area contributed by atoms with Crippen LogP contribution in [0.15, 0.2) is 18.2 Å². The second-order valence-electron chi connectivity index (χ2n) is 4.24. The molecule has 0 heterocycles. The zero-order chi connectivity index (χ0) is 13.2. The predicted molar refractivity (Wildman–Crippen MR) is 75.4 cm³/mol. The third kappa shape index (κ3) is 4.96. The fourth-order valence-electron chi connectivity index (χ4n) is 1.67.